The van der Waals surface area contributed by atoms with Crippen LogP contribution < -0.4 is 5.73 Å². The van der Waals surface area contributed by atoms with Crippen LogP contribution in [0.4, 0.5) is 0 Å². The van der Waals surface area contributed by atoms with E-state index in [-0.39, 0.29) is 0 Å². The SMILES string of the molecule is N[C@@H]1[C@H]2[C@@H]3C[C@@H]4[C@H]5[C@H]3C[C@H]2[C@H]5[C@H]14. The van der Waals surface area contributed by atoms with Crippen LogP contribution in [0.5, 0.6) is 0 Å². The maximum Gasteiger partial charge on any atom is 0.0107 e. The van der Waals surface area contributed by atoms with Gasteiger partial charge >= 0.3 is 0 Å². The van der Waals surface area contributed by atoms with Crippen LogP contribution in [0, 0.1) is 47.3 Å². The summed E-state index contributed by atoms with van der Waals surface area (Å²) in [5.41, 5.74) is 6.34. The molecule has 5 aliphatic rings. The Morgan fingerprint density at radius 2 is 1.33 bits per heavy atom. The fourth-order valence-electron chi connectivity index (χ4n) is 6.55. The van der Waals surface area contributed by atoms with Gasteiger partial charge in [-0.3, -0.25) is 0 Å². The predicted octanol–water partition coefficient (Wildman–Crippen LogP) is 1.09. The Morgan fingerprint density at radius 3 is 2.17 bits per heavy atom. The molecule has 0 aromatic heterocycles. The molecule has 0 radical (unpaired) electrons. The molecule has 5 aliphatic carbocycles. The van der Waals surface area contributed by atoms with Gasteiger partial charge in [0.2, 0.25) is 0 Å². The Labute approximate surface area is 72.7 Å². The highest BCUT2D eigenvalue weighted by Crippen LogP contribution is 2.82. The Hall–Kier alpha value is -0.0400. The molecule has 0 unspecified atom stereocenters. The molecule has 0 aromatic carbocycles. The van der Waals surface area contributed by atoms with Crippen LogP contribution in [0.25, 0.3) is 0 Å². The molecule has 0 aromatic rings. The summed E-state index contributed by atoms with van der Waals surface area (Å²) >= 11 is 0. The molecular formula is C11H15N. The molecule has 1 heteroatoms. The van der Waals surface area contributed by atoms with Crippen molar-refractivity contribution in [3.63, 3.8) is 0 Å². The van der Waals surface area contributed by atoms with Crippen molar-refractivity contribution in [2.24, 2.45) is 53.1 Å². The lowest BCUT2D eigenvalue weighted by Crippen LogP contribution is -2.49. The molecule has 0 aliphatic heterocycles. The van der Waals surface area contributed by atoms with Crippen molar-refractivity contribution in [2.45, 2.75) is 18.9 Å². The molecule has 5 fully saturated rings. The van der Waals surface area contributed by atoms with Gasteiger partial charge in [-0.25, -0.2) is 0 Å². The van der Waals surface area contributed by atoms with Crippen LogP contribution in [0.1, 0.15) is 12.8 Å². The first-order valence-corrected chi connectivity index (χ1v) is 5.63. The summed E-state index contributed by atoms with van der Waals surface area (Å²) < 4.78 is 0. The second-order valence-electron chi connectivity index (χ2n) is 6.01. The van der Waals surface area contributed by atoms with Gasteiger partial charge in [0.1, 0.15) is 0 Å². The topological polar surface area (TPSA) is 26.0 Å². The van der Waals surface area contributed by atoms with E-state index in [1.54, 1.807) is 12.8 Å². The van der Waals surface area contributed by atoms with Crippen LogP contribution in [-0.2, 0) is 0 Å². The predicted molar refractivity (Wildman–Crippen MR) is 45.1 cm³/mol. The van der Waals surface area contributed by atoms with E-state index in [0.29, 0.717) is 6.04 Å². The molecule has 0 saturated heterocycles. The molecule has 5 rings (SSSR count). The Kier molecular flexibility index (Phi) is 0.609. The summed E-state index contributed by atoms with van der Waals surface area (Å²) in [4.78, 5) is 0. The zero-order valence-corrected chi connectivity index (χ0v) is 7.19. The van der Waals surface area contributed by atoms with E-state index in [0.717, 1.165) is 35.5 Å². The van der Waals surface area contributed by atoms with Crippen LogP contribution in [0.15, 0.2) is 0 Å². The molecule has 12 heavy (non-hydrogen) atoms. The van der Waals surface area contributed by atoms with Crippen molar-refractivity contribution < 1.29 is 0 Å². The van der Waals surface area contributed by atoms with E-state index in [4.69, 9.17) is 5.73 Å². The second-order valence-corrected chi connectivity index (χ2v) is 6.01. The summed E-state index contributed by atoms with van der Waals surface area (Å²) in [6.07, 6.45) is 3.18. The Balaban J connectivity index is 1.86. The number of fused-ring (bicyclic) bond motifs is 2. The highest BCUT2D eigenvalue weighted by molar-refractivity contribution is 5.28. The lowest BCUT2D eigenvalue weighted by molar-refractivity contribution is 0.0167. The van der Waals surface area contributed by atoms with Gasteiger partial charge in [-0.1, -0.05) is 0 Å². The second kappa shape index (κ2) is 1.30. The molecule has 2 bridgehead atoms. The number of hydrogen-bond donors (Lipinski definition) is 1. The van der Waals surface area contributed by atoms with Gasteiger partial charge in [0.15, 0.2) is 0 Å². The van der Waals surface area contributed by atoms with E-state index < -0.39 is 0 Å². The quantitative estimate of drug-likeness (QED) is 0.565. The van der Waals surface area contributed by atoms with E-state index in [1.807, 2.05) is 0 Å². The first-order valence-electron chi connectivity index (χ1n) is 5.63. The normalized spacial score (nSPS) is 85.2. The Bertz CT molecular complexity index is 277. The maximum atomic E-state index is 6.34. The molecule has 2 N–H and O–H groups in total. The summed E-state index contributed by atoms with van der Waals surface area (Å²) in [5, 5.41) is 0. The number of rotatable bonds is 0. The van der Waals surface area contributed by atoms with Gasteiger partial charge in [0.25, 0.3) is 0 Å². The number of hydrogen-bond acceptors (Lipinski definition) is 1. The fourth-order valence-corrected chi connectivity index (χ4v) is 6.55. The zero-order valence-electron chi connectivity index (χ0n) is 7.19. The van der Waals surface area contributed by atoms with E-state index in [1.165, 1.54) is 11.8 Å². The first-order chi connectivity index (χ1) is 5.88. The van der Waals surface area contributed by atoms with Crippen molar-refractivity contribution in [3.05, 3.63) is 0 Å². The summed E-state index contributed by atoms with van der Waals surface area (Å²) in [5.74, 6) is 8.84. The molecule has 0 spiro atoms. The molecule has 5 saturated carbocycles. The van der Waals surface area contributed by atoms with Crippen molar-refractivity contribution in [2.75, 3.05) is 0 Å². The Morgan fingerprint density at radius 1 is 0.667 bits per heavy atom. The van der Waals surface area contributed by atoms with Gasteiger partial charge in [-0.2, -0.15) is 0 Å². The smallest absolute Gasteiger partial charge is 0.0107 e. The molecule has 1 nitrogen and oxygen atoms in total. The van der Waals surface area contributed by atoms with Crippen LogP contribution >= 0.6 is 0 Å². The lowest BCUT2D eigenvalue weighted by Gasteiger charge is -2.47. The minimum atomic E-state index is 0.646. The largest absolute Gasteiger partial charge is 0.327 e. The highest BCUT2D eigenvalue weighted by atomic mass is 14.9. The molecule has 0 heterocycles. The minimum Gasteiger partial charge on any atom is -0.327 e. The maximum absolute atomic E-state index is 6.34. The van der Waals surface area contributed by atoms with Crippen molar-refractivity contribution in [3.8, 4) is 0 Å². The average molecular weight is 161 g/mol. The fraction of sp³-hybridized carbons (Fsp3) is 1.00. The first kappa shape index (κ1) is 5.64. The van der Waals surface area contributed by atoms with E-state index in [9.17, 15) is 0 Å². The van der Waals surface area contributed by atoms with Crippen LogP contribution in [0.3, 0.4) is 0 Å². The van der Waals surface area contributed by atoms with Crippen molar-refractivity contribution in [1.82, 2.24) is 0 Å². The molecular weight excluding hydrogens is 146 g/mol. The van der Waals surface area contributed by atoms with Gasteiger partial charge in [0.05, 0.1) is 0 Å². The van der Waals surface area contributed by atoms with Crippen molar-refractivity contribution in [1.29, 1.82) is 0 Å². The molecule has 0 amide bonds. The third-order valence-corrected chi connectivity index (χ3v) is 6.38. The third-order valence-electron chi connectivity index (χ3n) is 6.38. The summed E-state index contributed by atoms with van der Waals surface area (Å²) in [6.45, 7) is 0. The monoisotopic (exact) mass is 161 g/mol. The van der Waals surface area contributed by atoms with Crippen LogP contribution in [0.2, 0.25) is 0 Å². The average Bonchev–Trinajstić information content (AvgIpc) is 2.47. The summed E-state index contributed by atoms with van der Waals surface area (Å²) in [6, 6.07) is 0.646. The van der Waals surface area contributed by atoms with Gasteiger partial charge in [-0.05, 0) is 60.2 Å². The van der Waals surface area contributed by atoms with E-state index >= 15 is 0 Å². The van der Waals surface area contributed by atoms with Crippen LogP contribution in [-0.4, -0.2) is 6.04 Å². The molecule has 9 atom stereocenters. The summed E-state index contributed by atoms with van der Waals surface area (Å²) in [7, 11) is 0. The van der Waals surface area contributed by atoms with Gasteiger partial charge in [-0.15, -0.1) is 0 Å². The molecule has 64 valence electrons. The lowest BCUT2D eigenvalue weighted by atomic mass is 9.59. The highest BCUT2D eigenvalue weighted by Gasteiger charge is 2.79. The third kappa shape index (κ3) is 0.296. The van der Waals surface area contributed by atoms with Gasteiger partial charge < -0.3 is 5.73 Å². The zero-order chi connectivity index (χ0) is 7.61. The van der Waals surface area contributed by atoms with E-state index in [2.05, 4.69) is 0 Å². The number of nitrogens with two attached hydrogens (primary N) is 1. The minimum absolute atomic E-state index is 0.646. The standard InChI is InChI=1S/C11H15N/c12-11-8-4-2-5-7-3(4)1-6(8)9(7)10(5)11/h3-11H,1-2,12H2/t3-,4+,5+,6+,7+,8-,9+,10+,11+/m0/s1. The van der Waals surface area contributed by atoms with Gasteiger partial charge in [0, 0.05) is 6.04 Å². The van der Waals surface area contributed by atoms with Crippen molar-refractivity contribution >= 4 is 0 Å².